The van der Waals surface area contributed by atoms with Crippen LogP contribution in [0.25, 0.3) is 0 Å². The van der Waals surface area contributed by atoms with Crippen LogP contribution in [0, 0.1) is 0 Å². The topological polar surface area (TPSA) is 19.4 Å². The number of aryl methyl sites for hydroxylation is 1. The zero-order valence-corrected chi connectivity index (χ0v) is 13.6. The van der Waals surface area contributed by atoms with Crippen molar-refractivity contribution in [3.05, 3.63) is 40.9 Å². The van der Waals surface area contributed by atoms with Crippen LogP contribution in [0.1, 0.15) is 11.1 Å². The molecule has 110 valence electrons. The Morgan fingerprint density at radius 2 is 2.05 bits per heavy atom. The standard InChI is InChI=1S/C16H19N3S2/c1-2-15-14(3-9-20-15)11-13(1)12-18-5-7-19(8-6-18)16-17-4-10-21-16/h1-2,4,10-11H,3,5-9,12H2. The molecule has 2 aliphatic rings. The van der Waals surface area contributed by atoms with Gasteiger partial charge in [0.2, 0.25) is 0 Å². The Morgan fingerprint density at radius 1 is 1.14 bits per heavy atom. The fourth-order valence-corrected chi connectivity index (χ4v) is 4.82. The Morgan fingerprint density at radius 3 is 2.86 bits per heavy atom. The van der Waals surface area contributed by atoms with E-state index in [-0.39, 0.29) is 0 Å². The lowest BCUT2D eigenvalue weighted by atomic mass is 10.1. The SMILES string of the molecule is c1csc(N2CCN(Cc3ccc4c(c3)CCS4)CC2)n1. The largest absolute Gasteiger partial charge is 0.346 e. The van der Waals surface area contributed by atoms with E-state index in [1.165, 1.54) is 27.8 Å². The molecule has 21 heavy (non-hydrogen) atoms. The third kappa shape index (κ3) is 2.96. The van der Waals surface area contributed by atoms with Gasteiger partial charge in [0.15, 0.2) is 5.13 Å². The van der Waals surface area contributed by atoms with Gasteiger partial charge in [-0.15, -0.1) is 23.1 Å². The van der Waals surface area contributed by atoms with Crippen molar-refractivity contribution in [2.75, 3.05) is 36.8 Å². The Hall–Kier alpha value is -1.04. The zero-order valence-electron chi connectivity index (χ0n) is 12.0. The molecule has 0 N–H and O–H groups in total. The van der Waals surface area contributed by atoms with Gasteiger partial charge in [-0.25, -0.2) is 4.98 Å². The molecule has 0 aliphatic carbocycles. The number of rotatable bonds is 3. The molecule has 1 saturated heterocycles. The number of anilines is 1. The number of fused-ring (bicyclic) bond motifs is 1. The summed E-state index contributed by atoms with van der Waals surface area (Å²) in [6, 6.07) is 7.04. The van der Waals surface area contributed by atoms with E-state index in [2.05, 4.69) is 38.4 Å². The summed E-state index contributed by atoms with van der Waals surface area (Å²) >= 11 is 3.74. The van der Waals surface area contributed by atoms with Crippen LogP contribution in [-0.2, 0) is 13.0 Å². The van der Waals surface area contributed by atoms with Gasteiger partial charge >= 0.3 is 0 Å². The van der Waals surface area contributed by atoms with Crippen molar-refractivity contribution in [1.82, 2.24) is 9.88 Å². The van der Waals surface area contributed by atoms with E-state index < -0.39 is 0 Å². The highest BCUT2D eigenvalue weighted by Gasteiger charge is 2.19. The molecule has 0 spiro atoms. The summed E-state index contributed by atoms with van der Waals surface area (Å²) in [5.74, 6) is 1.26. The fraction of sp³-hybridized carbons (Fsp3) is 0.438. The van der Waals surface area contributed by atoms with Gasteiger partial charge in [-0.05, 0) is 23.6 Å². The smallest absolute Gasteiger partial charge is 0.185 e. The van der Waals surface area contributed by atoms with Gasteiger partial charge in [-0.1, -0.05) is 12.1 Å². The number of thioether (sulfide) groups is 1. The molecular weight excluding hydrogens is 298 g/mol. The van der Waals surface area contributed by atoms with Gasteiger partial charge in [-0.3, -0.25) is 4.90 Å². The summed E-state index contributed by atoms with van der Waals surface area (Å²) < 4.78 is 0. The predicted molar refractivity (Wildman–Crippen MR) is 90.5 cm³/mol. The number of benzene rings is 1. The first-order valence-corrected chi connectivity index (χ1v) is 9.36. The highest BCUT2D eigenvalue weighted by Crippen LogP contribution is 2.32. The van der Waals surface area contributed by atoms with Gasteiger partial charge < -0.3 is 4.90 Å². The van der Waals surface area contributed by atoms with Crippen LogP contribution in [-0.4, -0.2) is 41.8 Å². The van der Waals surface area contributed by atoms with Gasteiger partial charge in [0, 0.05) is 54.9 Å². The van der Waals surface area contributed by atoms with Crippen molar-refractivity contribution in [2.45, 2.75) is 17.9 Å². The lowest BCUT2D eigenvalue weighted by molar-refractivity contribution is 0.249. The molecule has 0 unspecified atom stereocenters. The highest BCUT2D eigenvalue weighted by atomic mass is 32.2. The first-order chi connectivity index (χ1) is 10.4. The number of piperazine rings is 1. The second-order valence-electron chi connectivity index (χ2n) is 5.62. The van der Waals surface area contributed by atoms with Gasteiger partial charge in [0.25, 0.3) is 0 Å². The second kappa shape index (κ2) is 5.99. The summed E-state index contributed by atoms with van der Waals surface area (Å²) in [7, 11) is 0. The summed E-state index contributed by atoms with van der Waals surface area (Å²) in [6.07, 6.45) is 3.14. The average Bonchev–Trinajstić information content (AvgIpc) is 3.19. The minimum Gasteiger partial charge on any atom is -0.346 e. The number of hydrogen-bond acceptors (Lipinski definition) is 5. The lowest BCUT2D eigenvalue weighted by Crippen LogP contribution is -2.45. The minimum absolute atomic E-state index is 1.09. The zero-order chi connectivity index (χ0) is 14.1. The Labute approximate surface area is 134 Å². The average molecular weight is 317 g/mol. The minimum atomic E-state index is 1.09. The monoisotopic (exact) mass is 317 g/mol. The summed E-state index contributed by atoms with van der Waals surface area (Å²) in [5, 5.41) is 3.23. The van der Waals surface area contributed by atoms with Crippen LogP contribution >= 0.6 is 23.1 Å². The van der Waals surface area contributed by atoms with Crippen LogP contribution in [0.3, 0.4) is 0 Å². The van der Waals surface area contributed by atoms with Gasteiger partial charge in [-0.2, -0.15) is 0 Å². The molecule has 3 nitrogen and oxygen atoms in total. The normalized spacial score (nSPS) is 19.0. The van der Waals surface area contributed by atoms with Crippen molar-refractivity contribution < 1.29 is 0 Å². The quantitative estimate of drug-likeness (QED) is 0.866. The van der Waals surface area contributed by atoms with Crippen LogP contribution in [0.2, 0.25) is 0 Å². The van der Waals surface area contributed by atoms with Crippen LogP contribution in [0.15, 0.2) is 34.7 Å². The molecule has 2 aliphatic heterocycles. The van der Waals surface area contributed by atoms with Crippen molar-refractivity contribution >= 4 is 28.2 Å². The molecule has 2 aromatic rings. The third-order valence-electron chi connectivity index (χ3n) is 4.22. The third-order valence-corrected chi connectivity index (χ3v) is 6.17. The number of hydrogen-bond donors (Lipinski definition) is 0. The molecule has 4 rings (SSSR count). The van der Waals surface area contributed by atoms with Crippen molar-refractivity contribution in [3.63, 3.8) is 0 Å². The van der Waals surface area contributed by atoms with Crippen LogP contribution in [0.4, 0.5) is 5.13 Å². The molecule has 5 heteroatoms. The summed E-state index contributed by atoms with van der Waals surface area (Å²) in [4.78, 5) is 10.9. The molecule has 0 saturated carbocycles. The Kier molecular flexibility index (Phi) is 3.88. The molecule has 0 bridgehead atoms. The Bertz CT molecular complexity index is 604. The maximum atomic E-state index is 4.41. The van der Waals surface area contributed by atoms with Crippen molar-refractivity contribution in [1.29, 1.82) is 0 Å². The summed E-state index contributed by atoms with van der Waals surface area (Å²) in [5.41, 5.74) is 3.03. The van der Waals surface area contributed by atoms with E-state index in [0.29, 0.717) is 0 Å². The molecular formula is C16H19N3S2. The van der Waals surface area contributed by atoms with Crippen LogP contribution in [0.5, 0.6) is 0 Å². The van der Waals surface area contributed by atoms with E-state index in [4.69, 9.17) is 0 Å². The van der Waals surface area contributed by atoms with Crippen LogP contribution < -0.4 is 4.90 Å². The molecule has 1 fully saturated rings. The molecule has 0 radical (unpaired) electrons. The van der Waals surface area contributed by atoms with E-state index >= 15 is 0 Å². The van der Waals surface area contributed by atoms with Crippen molar-refractivity contribution in [2.24, 2.45) is 0 Å². The fourth-order valence-electron chi connectivity index (χ4n) is 3.07. The molecule has 0 amide bonds. The maximum absolute atomic E-state index is 4.41. The predicted octanol–water partition coefficient (Wildman–Crippen LogP) is 3.11. The first-order valence-electron chi connectivity index (χ1n) is 7.50. The Balaban J connectivity index is 1.36. The lowest BCUT2D eigenvalue weighted by Gasteiger charge is -2.34. The van der Waals surface area contributed by atoms with Gasteiger partial charge in [0.1, 0.15) is 0 Å². The number of aromatic nitrogens is 1. The van der Waals surface area contributed by atoms with E-state index in [1.54, 1.807) is 16.9 Å². The molecule has 0 atom stereocenters. The highest BCUT2D eigenvalue weighted by molar-refractivity contribution is 7.99. The number of thiazole rings is 1. The molecule has 1 aromatic carbocycles. The van der Waals surface area contributed by atoms with Gasteiger partial charge in [0.05, 0.1) is 0 Å². The first kappa shape index (κ1) is 13.6. The maximum Gasteiger partial charge on any atom is 0.185 e. The summed E-state index contributed by atoms with van der Waals surface area (Å²) in [6.45, 7) is 5.53. The van der Waals surface area contributed by atoms with E-state index in [9.17, 15) is 0 Å². The van der Waals surface area contributed by atoms with Crippen molar-refractivity contribution in [3.8, 4) is 0 Å². The molecule has 1 aromatic heterocycles. The second-order valence-corrected chi connectivity index (χ2v) is 7.63. The van der Waals surface area contributed by atoms with E-state index in [1.807, 2.05) is 18.0 Å². The molecule has 3 heterocycles. The number of nitrogens with zero attached hydrogens (tertiary/aromatic N) is 3. The van der Waals surface area contributed by atoms with E-state index in [0.717, 1.165) is 32.7 Å².